The van der Waals surface area contributed by atoms with Crippen molar-refractivity contribution in [2.75, 3.05) is 0 Å². The minimum atomic E-state index is -0.183. The fourth-order valence-corrected chi connectivity index (χ4v) is 2.85. The molecule has 3 heteroatoms. The van der Waals surface area contributed by atoms with Crippen LogP contribution in [0.15, 0.2) is 46.9 Å². The Morgan fingerprint density at radius 2 is 1.94 bits per heavy atom. The zero-order valence-electron chi connectivity index (χ0n) is 9.96. The first-order chi connectivity index (χ1) is 8.56. The highest BCUT2D eigenvalue weighted by atomic mass is 79.9. The summed E-state index contributed by atoms with van der Waals surface area (Å²) in [5.74, 6) is -0.183. The van der Waals surface area contributed by atoms with Gasteiger partial charge in [0.2, 0.25) is 0 Å². The number of aryl methyl sites for hydroxylation is 1. The lowest BCUT2D eigenvalue weighted by molar-refractivity contribution is 0.625. The van der Waals surface area contributed by atoms with Crippen LogP contribution in [0.2, 0.25) is 0 Å². The van der Waals surface area contributed by atoms with Crippen LogP contribution in [0.1, 0.15) is 21.5 Å². The largest absolute Gasteiger partial charge is 0.207 e. The van der Waals surface area contributed by atoms with Gasteiger partial charge in [-0.2, -0.15) is 0 Å². The second-order valence-electron chi connectivity index (χ2n) is 4.31. The van der Waals surface area contributed by atoms with Gasteiger partial charge in [0.05, 0.1) is 0 Å². The number of rotatable bonds is 3. The fourth-order valence-electron chi connectivity index (χ4n) is 1.79. The summed E-state index contributed by atoms with van der Waals surface area (Å²) in [6.45, 7) is 2.06. The Bertz CT molecular complexity index is 552. The maximum absolute atomic E-state index is 13.1. The third-order valence-corrected chi connectivity index (χ3v) is 4.57. The summed E-state index contributed by atoms with van der Waals surface area (Å²) in [7, 11) is 0. The normalized spacial score (nSPS) is 12.4. The molecule has 1 atom stereocenters. The molecule has 0 nitrogen and oxygen atoms in total. The van der Waals surface area contributed by atoms with Crippen LogP contribution in [0, 0.1) is 12.7 Å². The van der Waals surface area contributed by atoms with Crippen molar-refractivity contribution in [1.29, 1.82) is 0 Å². The molecule has 0 aliphatic carbocycles. The van der Waals surface area contributed by atoms with Crippen LogP contribution >= 0.6 is 31.9 Å². The Hall–Kier alpha value is -0.670. The van der Waals surface area contributed by atoms with Crippen molar-refractivity contribution in [1.82, 2.24) is 0 Å². The van der Waals surface area contributed by atoms with Gasteiger partial charge in [-0.25, -0.2) is 4.39 Å². The average molecular weight is 372 g/mol. The zero-order valence-corrected chi connectivity index (χ0v) is 13.1. The molecule has 0 saturated heterocycles. The molecule has 2 rings (SSSR count). The summed E-state index contributed by atoms with van der Waals surface area (Å²) in [4.78, 5) is 0.191. The van der Waals surface area contributed by atoms with E-state index in [-0.39, 0.29) is 10.6 Å². The summed E-state index contributed by atoms with van der Waals surface area (Å²) in [5.41, 5.74) is 3.40. The first-order valence-electron chi connectivity index (χ1n) is 5.71. The summed E-state index contributed by atoms with van der Waals surface area (Å²) in [6, 6.07) is 13.0. The molecule has 0 amide bonds. The predicted octanol–water partition coefficient (Wildman–Crippen LogP) is 5.58. The van der Waals surface area contributed by atoms with E-state index < -0.39 is 0 Å². The molecule has 0 fully saturated rings. The van der Waals surface area contributed by atoms with Crippen molar-refractivity contribution in [3.63, 3.8) is 0 Å². The number of alkyl halides is 1. The van der Waals surface area contributed by atoms with Gasteiger partial charge in [-0.1, -0.05) is 56.1 Å². The van der Waals surface area contributed by atoms with Gasteiger partial charge in [-0.3, -0.25) is 0 Å². The smallest absolute Gasteiger partial charge is 0.123 e. The minimum Gasteiger partial charge on any atom is -0.207 e. The zero-order chi connectivity index (χ0) is 13.1. The second kappa shape index (κ2) is 5.98. The summed E-state index contributed by atoms with van der Waals surface area (Å²) in [6.07, 6.45) is 0.771. The van der Waals surface area contributed by atoms with Crippen LogP contribution in [0.5, 0.6) is 0 Å². The van der Waals surface area contributed by atoms with Crippen LogP contribution in [-0.2, 0) is 6.42 Å². The highest BCUT2D eigenvalue weighted by molar-refractivity contribution is 9.10. The van der Waals surface area contributed by atoms with E-state index in [2.05, 4.69) is 57.0 Å². The van der Waals surface area contributed by atoms with Gasteiger partial charge in [0, 0.05) is 9.30 Å². The van der Waals surface area contributed by atoms with Crippen LogP contribution in [0.3, 0.4) is 0 Å². The van der Waals surface area contributed by atoms with Crippen molar-refractivity contribution in [2.24, 2.45) is 0 Å². The predicted molar refractivity (Wildman–Crippen MR) is 80.7 cm³/mol. The molecule has 0 spiro atoms. The minimum absolute atomic E-state index is 0.183. The van der Waals surface area contributed by atoms with E-state index >= 15 is 0 Å². The molecule has 0 saturated carbocycles. The van der Waals surface area contributed by atoms with E-state index in [1.165, 1.54) is 17.2 Å². The maximum Gasteiger partial charge on any atom is 0.123 e. The first kappa shape index (κ1) is 13.8. The number of benzene rings is 2. The van der Waals surface area contributed by atoms with Crippen molar-refractivity contribution < 1.29 is 4.39 Å². The van der Waals surface area contributed by atoms with Crippen molar-refractivity contribution in [3.8, 4) is 0 Å². The molecule has 2 aromatic carbocycles. The highest BCUT2D eigenvalue weighted by Crippen LogP contribution is 2.30. The van der Waals surface area contributed by atoms with Crippen LogP contribution in [0.25, 0.3) is 0 Å². The highest BCUT2D eigenvalue weighted by Gasteiger charge is 2.10. The van der Waals surface area contributed by atoms with Gasteiger partial charge in [-0.05, 0) is 48.2 Å². The number of hydrogen-bond acceptors (Lipinski definition) is 0. The Morgan fingerprint density at radius 3 is 2.61 bits per heavy atom. The second-order valence-corrected chi connectivity index (χ2v) is 6.27. The molecule has 18 heavy (non-hydrogen) atoms. The van der Waals surface area contributed by atoms with Crippen molar-refractivity contribution in [2.45, 2.75) is 18.2 Å². The molecule has 0 aliphatic rings. The third kappa shape index (κ3) is 3.42. The van der Waals surface area contributed by atoms with Gasteiger partial charge < -0.3 is 0 Å². The molecule has 94 valence electrons. The molecule has 1 unspecified atom stereocenters. The Kier molecular flexibility index (Phi) is 4.57. The molecule has 0 aromatic heterocycles. The van der Waals surface area contributed by atoms with Gasteiger partial charge in [0.25, 0.3) is 0 Å². The van der Waals surface area contributed by atoms with Crippen molar-refractivity contribution >= 4 is 31.9 Å². The topological polar surface area (TPSA) is 0 Å². The molecule has 2 aromatic rings. The van der Waals surface area contributed by atoms with Crippen LogP contribution in [-0.4, -0.2) is 0 Å². The Morgan fingerprint density at radius 1 is 1.17 bits per heavy atom. The van der Waals surface area contributed by atoms with Gasteiger partial charge >= 0.3 is 0 Å². The number of hydrogen-bond donors (Lipinski definition) is 0. The monoisotopic (exact) mass is 370 g/mol. The molecule has 0 radical (unpaired) electrons. The van der Waals surface area contributed by atoms with Crippen LogP contribution in [0.4, 0.5) is 4.39 Å². The van der Waals surface area contributed by atoms with Gasteiger partial charge in [0.1, 0.15) is 5.82 Å². The average Bonchev–Trinajstić information content (AvgIpc) is 2.32. The van der Waals surface area contributed by atoms with E-state index in [4.69, 9.17) is 0 Å². The van der Waals surface area contributed by atoms with Crippen LogP contribution < -0.4 is 0 Å². The molecule has 0 N–H and O–H groups in total. The van der Waals surface area contributed by atoms with E-state index in [1.807, 2.05) is 6.07 Å². The summed E-state index contributed by atoms with van der Waals surface area (Å²) < 4.78 is 14.2. The Labute approximate surface area is 123 Å². The molecular weight excluding hydrogens is 359 g/mol. The van der Waals surface area contributed by atoms with Gasteiger partial charge in [0.15, 0.2) is 0 Å². The number of halogens is 3. The van der Waals surface area contributed by atoms with Gasteiger partial charge in [-0.15, -0.1) is 0 Å². The maximum atomic E-state index is 13.1. The first-order valence-corrected chi connectivity index (χ1v) is 7.41. The lowest BCUT2D eigenvalue weighted by Gasteiger charge is -2.12. The van der Waals surface area contributed by atoms with E-state index in [0.29, 0.717) is 0 Å². The van der Waals surface area contributed by atoms with E-state index in [0.717, 1.165) is 16.5 Å². The lowest BCUT2D eigenvalue weighted by Crippen LogP contribution is -1.96. The summed E-state index contributed by atoms with van der Waals surface area (Å²) in [5, 5.41) is 0. The molecule has 0 bridgehead atoms. The standard InChI is InChI=1S/C15H13Br2F/c1-10-5-6-12(9-14(10)16)15(17)8-11-3-2-4-13(18)7-11/h2-7,9,15H,8H2,1H3. The molecule has 0 heterocycles. The quantitative estimate of drug-likeness (QED) is 0.618. The van der Waals surface area contributed by atoms with E-state index in [9.17, 15) is 4.39 Å². The van der Waals surface area contributed by atoms with E-state index in [1.54, 1.807) is 12.1 Å². The third-order valence-electron chi connectivity index (χ3n) is 2.86. The van der Waals surface area contributed by atoms with Crippen molar-refractivity contribution in [3.05, 3.63) is 69.4 Å². The summed E-state index contributed by atoms with van der Waals surface area (Å²) >= 11 is 7.19. The lowest BCUT2D eigenvalue weighted by atomic mass is 10.0. The Balaban J connectivity index is 2.16. The SMILES string of the molecule is Cc1ccc(C(Br)Cc2cccc(F)c2)cc1Br. The molecular formula is C15H13Br2F. The molecule has 0 aliphatic heterocycles. The fraction of sp³-hybridized carbons (Fsp3) is 0.200.